The first kappa shape index (κ1) is 13.8. The zero-order valence-electron chi connectivity index (χ0n) is 10.5. The molecule has 0 spiro atoms. The minimum absolute atomic E-state index is 0.0173. The lowest BCUT2D eigenvalue weighted by Gasteiger charge is -2.23. The molecule has 0 saturated carbocycles. The number of carbonyl (C=O) groups excluding carboxylic acids is 1. The first-order valence-corrected chi connectivity index (χ1v) is 7.86. The molecule has 18 heavy (non-hydrogen) atoms. The number of hydrogen-bond donors (Lipinski definition) is 0. The molecular weight excluding hydrogens is 339 g/mol. The first-order valence-electron chi connectivity index (χ1n) is 6.61. The number of alkyl halides is 1. The lowest BCUT2D eigenvalue weighted by Crippen LogP contribution is -2.25. The summed E-state index contributed by atoms with van der Waals surface area (Å²) in [6.45, 7) is 0. The first-order chi connectivity index (χ1) is 8.74. The summed E-state index contributed by atoms with van der Waals surface area (Å²) in [7, 11) is 0. The number of carbonyl (C=O) groups is 1. The van der Waals surface area contributed by atoms with Crippen molar-refractivity contribution in [3.8, 4) is 0 Å². The van der Waals surface area contributed by atoms with E-state index in [2.05, 4.69) is 46.9 Å². The van der Waals surface area contributed by atoms with Crippen LogP contribution in [0.2, 0.25) is 0 Å². The van der Waals surface area contributed by atoms with Crippen molar-refractivity contribution >= 4 is 28.6 Å². The number of aryl methyl sites for hydroxylation is 1. The van der Waals surface area contributed by atoms with Crippen molar-refractivity contribution in [2.24, 2.45) is 0 Å². The number of halogens is 1. The second kappa shape index (κ2) is 7.12. The van der Waals surface area contributed by atoms with Crippen molar-refractivity contribution in [3.05, 3.63) is 35.9 Å². The van der Waals surface area contributed by atoms with Crippen LogP contribution in [-0.4, -0.2) is 16.0 Å². The van der Waals surface area contributed by atoms with E-state index in [0.717, 1.165) is 32.1 Å². The molecule has 1 fully saturated rings. The molecule has 0 N–H and O–H groups in total. The maximum Gasteiger partial charge on any atom is 0.306 e. The van der Waals surface area contributed by atoms with Crippen LogP contribution in [-0.2, 0) is 16.0 Å². The highest BCUT2D eigenvalue weighted by molar-refractivity contribution is 14.1. The molecule has 3 heteroatoms. The van der Waals surface area contributed by atoms with Crippen LogP contribution in [0.5, 0.6) is 0 Å². The Morgan fingerprint density at radius 3 is 2.83 bits per heavy atom. The maximum absolute atomic E-state index is 11.5. The fourth-order valence-electron chi connectivity index (χ4n) is 2.31. The zero-order valence-corrected chi connectivity index (χ0v) is 12.6. The summed E-state index contributed by atoms with van der Waals surface area (Å²) in [5.74, 6) is -0.0173. The molecule has 1 saturated heterocycles. The van der Waals surface area contributed by atoms with Gasteiger partial charge in [0.1, 0.15) is 6.10 Å². The van der Waals surface area contributed by atoms with Crippen LogP contribution < -0.4 is 0 Å². The lowest BCUT2D eigenvalue weighted by atomic mass is 10.0. The van der Waals surface area contributed by atoms with E-state index in [-0.39, 0.29) is 12.1 Å². The molecule has 1 aliphatic rings. The van der Waals surface area contributed by atoms with E-state index in [0.29, 0.717) is 10.3 Å². The van der Waals surface area contributed by atoms with Crippen molar-refractivity contribution in [2.75, 3.05) is 0 Å². The summed E-state index contributed by atoms with van der Waals surface area (Å²) in [6.07, 6.45) is 5.72. The Morgan fingerprint density at radius 2 is 2.06 bits per heavy atom. The normalized spacial score (nSPS) is 25.1. The summed E-state index contributed by atoms with van der Waals surface area (Å²) >= 11 is 2.48. The van der Waals surface area contributed by atoms with E-state index in [1.165, 1.54) is 5.56 Å². The fourth-order valence-corrected chi connectivity index (χ4v) is 3.32. The van der Waals surface area contributed by atoms with Gasteiger partial charge in [-0.25, -0.2) is 0 Å². The molecule has 98 valence electrons. The van der Waals surface area contributed by atoms with E-state index < -0.39 is 0 Å². The predicted molar refractivity (Wildman–Crippen MR) is 80.9 cm³/mol. The van der Waals surface area contributed by atoms with Crippen LogP contribution in [0.3, 0.4) is 0 Å². The van der Waals surface area contributed by atoms with Crippen molar-refractivity contribution in [1.82, 2.24) is 0 Å². The van der Waals surface area contributed by atoms with Gasteiger partial charge in [0.25, 0.3) is 0 Å². The number of esters is 1. The quantitative estimate of drug-likeness (QED) is 0.465. The molecule has 0 amide bonds. The third kappa shape index (κ3) is 4.59. The van der Waals surface area contributed by atoms with Crippen LogP contribution in [0.4, 0.5) is 0 Å². The van der Waals surface area contributed by atoms with Gasteiger partial charge in [0.05, 0.1) is 0 Å². The van der Waals surface area contributed by atoms with E-state index in [9.17, 15) is 4.79 Å². The second-order valence-corrected chi connectivity index (χ2v) is 6.62. The largest absolute Gasteiger partial charge is 0.462 e. The molecule has 2 atom stereocenters. The maximum atomic E-state index is 11.5. The van der Waals surface area contributed by atoms with Gasteiger partial charge in [0.15, 0.2) is 0 Å². The number of rotatable bonds is 3. The topological polar surface area (TPSA) is 26.3 Å². The number of cyclic esters (lactones) is 1. The van der Waals surface area contributed by atoms with Gasteiger partial charge >= 0.3 is 5.97 Å². The van der Waals surface area contributed by atoms with Gasteiger partial charge in [0.2, 0.25) is 0 Å². The van der Waals surface area contributed by atoms with Crippen molar-refractivity contribution in [1.29, 1.82) is 0 Å². The summed E-state index contributed by atoms with van der Waals surface area (Å²) in [4.78, 5) is 11.5. The van der Waals surface area contributed by atoms with Crippen LogP contribution in [0.25, 0.3) is 0 Å². The van der Waals surface area contributed by atoms with Crippen molar-refractivity contribution in [3.63, 3.8) is 0 Å². The van der Waals surface area contributed by atoms with Crippen molar-refractivity contribution < 1.29 is 9.53 Å². The van der Waals surface area contributed by atoms with Gasteiger partial charge < -0.3 is 4.74 Å². The third-order valence-electron chi connectivity index (χ3n) is 3.31. The van der Waals surface area contributed by atoms with Gasteiger partial charge in [-0.2, -0.15) is 0 Å². The van der Waals surface area contributed by atoms with Gasteiger partial charge in [-0.3, -0.25) is 4.79 Å². The standard InChI is InChI=1S/C15H19IO2/c16-13-7-4-8-15(17)18-14(11-13)10-9-12-5-2-1-3-6-12/h1-3,5-6,13-14H,4,7-11H2/t13-,14-/m1/s1. The number of ether oxygens (including phenoxy) is 1. The molecule has 2 nitrogen and oxygen atoms in total. The van der Waals surface area contributed by atoms with Crippen LogP contribution in [0, 0.1) is 0 Å². The fraction of sp³-hybridized carbons (Fsp3) is 0.533. The van der Waals surface area contributed by atoms with Gasteiger partial charge in [-0.1, -0.05) is 52.9 Å². The Bertz CT molecular complexity index is 377. The van der Waals surface area contributed by atoms with E-state index >= 15 is 0 Å². The zero-order chi connectivity index (χ0) is 12.8. The SMILES string of the molecule is O=C1CCC[C@@H](I)C[C@@H](CCc2ccccc2)O1. The average molecular weight is 358 g/mol. The molecule has 2 rings (SSSR count). The van der Waals surface area contributed by atoms with Crippen LogP contribution in [0.15, 0.2) is 30.3 Å². The molecule has 0 aromatic heterocycles. The van der Waals surface area contributed by atoms with Gasteiger partial charge in [0, 0.05) is 10.3 Å². The predicted octanol–water partition coefficient (Wildman–Crippen LogP) is 3.91. The average Bonchev–Trinajstić information content (AvgIpc) is 2.35. The van der Waals surface area contributed by atoms with Crippen LogP contribution >= 0.6 is 22.6 Å². The highest BCUT2D eigenvalue weighted by Crippen LogP contribution is 2.24. The van der Waals surface area contributed by atoms with Crippen molar-refractivity contribution in [2.45, 2.75) is 48.6 Å². The summed E-state index contributed by atoms with van der Waals surface area (Å²) < 4.78 is 6.18. The monoisotopic (exact) mass is 358 g/mol. The van der Waals surface area contributed by atoms with Gasteiger partial charge in [-0.05, 0) is 37.7 Å². The Labute approximate surface area is 122 Å². The molecule has 0 radical (unpaired) electrons. The molecular formula is C15H19IO2. The molecule has 1 aromatic carbocycles. The Kier molecular flexibility index (Phi) is 5.47. The highest BCUT2D eigenvalue weighted by atomic mass is 127. The summed E-state index contributed by atoms with van der Waals surface area (Å²) in [6, 6.07) is 10.4. The molecule has 0 bridgehead atoms. The van der Waals surface area contributed by atoms with E-state index in [1.54, 1.807) is 0 Å². The minimum Gasteiger partial charge on any atom is -0.462 e. The van der Waals surface area contributed by atoms with Gasteiger partial charge in [-0.15, -0.1) is 0 Å². The summed E-state index contributed by atoms with van der Waals surface area (Å²) in [5, 5.41) is 0. The number of benzene rings is 1. The Hall–Kier alpha value is -0.580. The highest BCUT2D eigenvalue weighted by Gasteiger charge is 2.21. The lowest BCUT2D eigenvalue weighted by molar-refractivity contribution is -0.150. The Morgan fingerprint density at radius 1 is 1.28 bits per heavy atom. The van der Waals surface area contributed by atoms with E-state index in [4.69, 9.17) is 4.74 Å². The minimum atomic E-state index is -0.0173. The molecule has 0 aliphatic carbocycles. The smallest absolute Gasteiger partial charge is 0.306 e. The molecule has 1 heterocycles. The molecule has 0 unspecified atom stereocenters. The van der Waals surface area contributed by atoms with E-state index in [1.807, 2.05) is 6.07 Å². The number of hydrogen-bond acceptors (Lipinski definition) is 2. The molecule has 1 aliphatic heterocycles. The Balaban J connectivity index is 1.87. The molecule has 1 aromatic rings. The third-order valence-corrected chi connectivity index (χ3v) is 4.44. The second-order valence-electron chi connectivity index (χ2n) is 4.86. The summed E-state index contributed by atoms with van der Waals surface area (Å²) in [5.41, 5.74) is 1.32. The van der Waals surface area contributed by atoms with Crippen LogP contribution in [0.1, 0.15) is 37.7 Å².